The molecule has 252 valence electrons. The molecule has 0 aliphatic rings. The molecular weight excluding hydrogens is 657 g/mol. The van der Waals surface area contributed by atoms with Crippen molar-refractivity contribution in [1.82, 2.24) is 18.9 Å². The Bertz CT molecular complexity index is 3190. The second kappa shape index (κ2) is 12.1. The first-order valence-corrected chi connectivity index (χ1v) is 18.3. The summed E-state index contributed by atoms with van der Waals surface area (Å²) in [4.78, 5) is 10.8. The van der Waals surface area contributed by atoms with Gasteiger partial charge < -0.3 is 4.40 Å². The van der Waals surface area contributed by atoms with E-state index in [4.69, 9.17) is 9.97 Å². The summed E-state index contributed by atoms with van der Waals surface area (Å²) in [5.41, 5.74) is 13.1. The van der Waals surface area contributed by atoms with Gasteiger partial charge in [-0.15, -0.1) is 0 Å². The minimum atomic E-state index is 0.641. The van der Waals surface area contributed by atoms with Crippen LogP contribution in [-0.4, -0.2) is 18.9 Å². The Kier molecular flexibility index (Phi) is 6.82. The van der Waals surface area contributed by atoms with Gasteiger partial charge in [-0.3, -0.25) is 4.57 Å². The molecule has 11 aromatic rings. The molecule has 0 amide bonds. The summed E-state index contributed by atoms with van der Waals surface area (Å²) in [6, 6.07) is 66.8. The van der Waals surface area contributed by atoms with Crippen molar-refractivity contribution in [2.24, 2.45) is 0 Å². The highest BCUT2D eigenvalue weighted by Gasteiger charge is 2.25. The fourth-order valence-corrected chi connectivity index (χ4v) is 8.29. The lowest BCUT2D eigenvalue weighted by molar-refractivity contribution is 1.01. The molecule has 4 aromatic heterocycles. The quantitative estimate of drug-likeness (QED) is 0.180. The predicted molar refractivity (Wildman–Crippen MR) is 224 cm³/mol. The van der Waals surface area contributed by atoms with Crippen molar-refractivity contribution < 1.29 is 0 Å². The van der Waals surface area contributed by atoms with Crippen LogP contribution in [-0.2, 0) is 0 Å². The summed E-state index contributed by atoms with van der Waals surface area (Å²) in [5.74, 6) is 0.641. The van der Waals surface area contributed by atoms with E-state index in [0.29, 0.717) is 5.95 Å². The van der Waals surface area contributed by atoms with Crippen LogP contribution >= 0.6 is 0 Å². The highest BCUT2D eigenvalue weighted by atomic mass is 15.2. The molecule has 4 heterocycles. The van der Waals surface area contributed by atoms with Crippen LogP contribution in [0.5, 0.6) is 0 Å². The number of pyridine rings is 1. The molecule has 11 rings (SSSR count). The zero-order chi connectivity index (χ0) is 35.6. The Balaban J connectivity index is 1.19. The van der Waals surface area contributed by atoms with E-state index in [-0.39, 0.29) is 0 Å². The van der Waals surface area contributed by atoms with E-state index in [1.165, 1.54) is 38.4 Å². The number of nitrogens with zero attached hydrogens (tertiary/aromatic N) is 4. The van der Waals surface area contributed by atoms with Gasteiger partial charge in [0.1, 0.15) is 0 Å². The van der Waals surface area contributed by atoms with E-state index in [9.17, 15) is 0 Å². The van der Waals surface area contributed by atoms with Crippen molar-refractivity contribution in [1.29, 1.82) is 0 Å². The van der Waals surface area contributed by atoms with Gasteiger partial charge in [0.15, 0.2) is 0 Å². The monoisotopic (exact) mass is 688 g/mol. The summed E-state index contributed by atoms with van der Waals surface area (Å²) in [5, 5.41) is 5.84. The van der Waals surface area contributed by atoms with Crippen molar-refractivity contribution >= 4 is 49.0 Å². The maximum Gasteiger partial charge on any atom is 0.235 e. The van der Waals surface area contributed by atoms with Crippen molar-refractivity contribution in [2.75, 3.05) is 0 Å². The fraction of sp³-hybridized carbons (Fsp3) is 0. The van der Waals surface area contributed by atoms with E-state index >= 15 is 0 Å². The molecule has 0 bridgehead atoms. The van der Waals surface area contributed by atoms with Crippen molar-refractivity contribution in [2.45, 2.75) is 0 Å². The number of fused-ring (bicyclic) bond motifs is 7. The molecule has 7 aromatic carbocycles. The van der Waals surface area contributed by atoms with E-state index in [1.807, 2.05) is 0 Å². The number of aromatic nitrogens is 4. The maximum atomic E-state index is 5.49. The Morgan fingerprint density at radius 3 is 1.91 bits per heavy atom. The minimum Gasteiger partial charge on any atom is -0.314 e. The number of benzene rings is 7. The molecular formula is C50H32N4. The highest BCUT2D eigenvalue weighted by molar-refractivity contribution is 6.21. The summed E-state index contributed by atoms with van der Waals surface area (Å²) in [6.45, 7) is 0. The molecule has 0 fully saturated rings. The van der Waals surface area contributed by atoms with E-state index < -0.39 is 0 Å². The molecule has 54 heavy (non-hydrogen) atoms. The van der Waals surface area contributed by atoms with Crippen molar-refractivity contribution in [3.05, 3.63) is 194 Å². The molecule has 0 aliphatic heterocycles. The molecule has 0 saturated heterocycles. The molecule has 4 heteroatoms. The first kappa shape index (κ1) is 30.3. The molecule has 0 radical (unpaired) electrons. The normalized spacial score (nSPS) is 11.7. The van der Waals surface area contributed by atoms with Crippen LogP contribution in [0.4, 0.5) is 0 Å². The highest BCUT2D eigenvalue weighted by Crippen LogP contribution is 2.43. The number of hydrogen-bond acceptors (Lipinski definition) is 2. The minimum absolute atomic E-state index is 0.641. The molecule has 0 spiro atoms. The Hall–Kier alpha value is -7.30. The van der Waals surface area contributed by atoms with Crippen LogP contribution in [0.3, 0.4) is 0 Å². The largest absolute Gasteiger partial charge is 0.314 e. The van der Waals surface area contributed by atoms with Gasteiger partial charge in [0.2, 0.25) is 5.95 Å². The summed E-state index contributed by atoms with van der Waals surface area (Å²) < 4.78 is 4.61. The van der Waals surface area contributed by atoms with Crippen LogP contribution in [0.15, 0.2) is 194 Å². The smallest absolute Gasteiger partial charge is 0.235 e. The third-order valence-corrected chi connectivity index (χ3v) is 10.8. The van der Waals surface area contributed by atoms with Gasteiger partial charge in [0, 0.05) is 33.5 Å². The van der Waals surface area contributed by atoms with Gasteiger partial charge in [0.25, 0.3) is 0 Å². The Morgan fingerprint density at radius 2 is 1.07 bits per heavy atom. The van der Waals surface area contributed by atoms with Gasteiger partial charge >= 0.3 is 0 Å². The zero-order valence-electron chi connectivity index (χ0n) is 29.3. The fourth-order valence-electron chi connectivity index (χ4n) is 8.29. The van der Waals surface area contributed by atoms with E-state index in [1.54, 1.807) is 0 Å². The second-order valence-electron chi connectivity index (χ2n) is 13.8. The van der Waals surface area contributed by atoms with Crippen molar-refractivity contribution in [3.63, 3.8) is 0 Å². The van der Waals surface area contributed by atoms with Crippen molar-refractivity contribution in [3.8, 4) is 50.7 Å². The number of hydrogen-bond donors (Lipinski definition) is 0. The SMILES string of the molecule is c1ccc(-c2ccc3c(c2)c2c(c(-c4ccccc4)n4ccccc24)n3-c2nc(-c3ccc(-c4cccc5ccccc45)cc3)c3ccccc3n2)cc1. The van der Waals surface area contributed by atoms with Gasteiger partial charge in [0.05, 0.1) is 33.5 Å². The molecule has 0 saturated carbocycles. The maximum absolute atomic E-state index is 5.49. The van der Waals surface area contributed by atoms with E-state index in [2.05, 4.69) is 203 Å². The first-order valence-electron chi connectivity index (χ1n) is 18.3. The summed E-state index contributed by atoms with van der Waals surface area (Å²) in [7, 11) is 0. The molecule has 0 atom stereocenters. The lowest BCUT2D eigenvalue weighted by Gasteiger charge is -2.14. The lowest BCUT2D eigenvalue weighted by atomic mass is 9.96. The average molecular weight is 689 g/mol. The lowest BCUT2D eigenvalue weighted by Crippen LogP contribution is -2.04. The van der Waals surface area contributed by atoms with E-state index in [0.717, 1.165) is 55.4 Å². The Labute approximate surface area is 311 Å². The average Bonchev–Trinajstić information content (AvgIpc) is 3.76. The van der Waals surface area contributed by atoms with Crippen LogP contribution < -0.4 is 0 Å². The van der Waals surface area contributed by atoms with Crippen LogP contribution in [0.2, 0.25) is 0 Å². The topological polar surface area (TPSA) is 35.1 Å². The van der Waals surface area contributed by atoms with Gasteiger partial charge in [-0.25, -0.2) is 9.97 Å². The predicted octanol–water partition coefficient (Wildman–Crippen LogP) is 12.8. The first-order chi connectivity index (χ1) is 26.8. The standard InChI is InChI=1S/C50H32N4/c1-3-14-33(15-4-1)38-29-30-44-42(32-38)46-45-24-11-12-31-53(45)48(37-17-5-2-6-18-37)49(46)54(44)50-51-43-23-10-9-21-41(43)47(52-50)36-27-25-35(26-28-36)40-22-13-19-34-16-7-8-20-39(34)40/h1-32H. The number of para-hydroxylation sites is 1. The van der Waals surface area contributed by atoms with Gasteiger partial charge in [-0.2, -0.15) is 0 Å². The third-order valence-electron chi connectivity index (χ3n) is 10.8. The summed E-state index contributed by atoms with van der Waals surface area (Å²) in [6.07, 6.45) is 2.17. The van der Waals surface area contributed by atoms with Crippen LogP contribution in [0.25, 0.3) is 99.7 Å². The second-order valence-corrected chi connectivity index (χ2v) is 13.8. The third kappa shape index (κ3) is 4.70. The Morgan fingerprint density at radius 1 is 0.407 bits per heavy atom. The molecule has 4 nitrogen and oxygen atoms in total. The molecule has 0 N–H and O–H groups in total. The van der Waals surface area contributed by atoms with Gasteiger partial charge in [-0.1, -0.05) is 158 Å². The zero-order valence-corrected chi connectivity index (χ0v) is 29.3. The summed E-state index contributed by atoms with van der Waals surface area (Å²) >= 11 is 0. The molecule has 0 aliphatic carbocycles. The van der Waals surface area contributed by atoms with Crippen LogP contribution in [0.1, 0.15) is 0 Å². The van der Waals surface area contributed by atoms with Gasteiger partial charge in [-0.05, 0) is 63.4 Å². The number of rotatable bonds is 5. The van der Waals surface area contributed by atoms with Crippen LogP contribution in [0, 0.1) is 0 Å². The molecule has 0 unspecified atom stereocenters.